The lowest BCUT2D eigenvalue weighted by Gasteiger charge is -2.13. The molecule has 4 aromatic rings. The number of aromatic nitrogens is 2. The maximum atomic E-state index is 12.9. The summed E-state index contributed by atoms with van der Waals surface area (Å²) in [6.07, 6.45) is 1.80. The van der Waals surface area contributed by atoms with Crippen LogP contribution in [0.25, 0.3) is 11.0 Å². The van der Waals surface area contributed by atoms with Crippen LogP contribution in [0, 0.1) is 6.92 Å². The average Bonchev–Trinajstić information content (AvgIpc) is 3.20. The Hall–Kier alpha value is -3.21. The summed E-state index contributed by atoms with van der Waals surface area (Å²) in [5.41, 5.74) is 4.60. The van der Waals surface area contributed by atoms with E-state index in [0.717, 1.165) is 22.2 Å². The zero-order chi connectivity index (χ0) is 24.3. The number of para-hydroxylation sites is 2. The average molecular weight is 499 g/mol. The Morgan fingerprint density at radius 2 is 1.68 bits per heavy atom. The van der Waals surface area contributed by atoms with Crippen molar-refractivity contribution in [3.05, 3.63) is 89.7 Å². The molecule has 4 rings (SSSR count). The highest BCUT2D eigenvalue weighted by Crippen LogP contribution is 2.21. The highest BCUT2D eigenvalue weighted by molar-refractivity contribution is 7.92. The van der Waals surface area contributed by atoms with Crippen molar-refractivity contribution in [3.63, 3.8) is 0 Å². The van der Waals surface area contributed by atoms with E-state index in [-0.39, 0.29) is 17.2 Å². The third kappa shape index (κ3) is 5.46. The predicted octanol–water partition coefficient (Wildman–Crippen LogP) is 3.63. The van der Waals surface area contributed by atoms with Gasteiger partial charge in [0.05, 0.1) is 28.0 Å². The molecule has 0 fully saturated rings. The van der Waals surface area contributed by atoms with Crippen LogP contribution in [0.1, 0.15) is 23.6 Å². The molecule has 0 aliphatic rings. The fraction of sp³-hybridized carbons (Fsp3) is 0.208. The second kappa shape index (κ2) is 9.57. The summed E-state index contributed by atoms with van der Waals surface area (Å²) in [5, 5.41) is 0. The molecule has 0 amide bonds. The van der Waals surface area contributed by atoms with Gasteiger partial charge in [0, 0.05) is 18.8 Å². The topological polar surface area (TPSA) is 110 Å². The Morgan fingerprint density at radius 3 is 2.44 bits per heavy atom. The van der Waals surface area contributed by atoms with Gasteiger partial charge in [-0.1, -0.05) is 36.4 Å². The summed E-state index contributed by atoms with van der Waals surface area (Å²) in [6.45, 7) is 3.92. The molecule has 8 nitrogen and oxygen atoms in total. The highest BCUT2D eigenvalue weighted by atomic mass is 32.2. The van der Waals surface area contributed by atoms with Crippen LogP contribution in [0.15, 0.2) is 78.0 Å². The number of fused-ring (bicyclic) bond motifs is 1. The third-order valence-electron chi connectivity index (χ3n) is 5.46. The number of benzene rings is 3. The van der Waals surface area contributed by atoms with Crippen molar-refractivity contribution in [1.29, 1.82) is 0 Å². The quantitative estimate of drug-likeness (QED) is 0.366. The van der Waals surface area contributed by atoms with Gasteiger partial charge in [-0.05, 0) is 60.9 Å². The summed E-state index contributed by atoms with van der Waals surface area (Å²) >= 11 is 0. The van der Waals surface area contributed by atoms with E-state index in [1.165, 1.54) is 25.1 Å². The molecule has 178 valence electrons. The summed E-state index contributed by atoms with van der Waals surface area (Å²) in [4.78, 5) is 4.52. The Bertz CT molecular complexity index is 1540. The third-order valence-corrected chi connectivity index (χ3v) is 8.32. The van der Waals surface area contributed by atoms with Gasteiger partial charge in [-0.15, -0.1) is 0 Å². The molecular formula is C24H26N4O4S2. The van der Waals surface area contributed by atoms with Gasteiger partial charge in [0.25, 0.3) is 0 Å². The minimum Gasteiger partial charge on any atom is -0.326 e. The van der Waals surface area contributed by atoms with Gasteiger partial charge >= 0.3 is 0 Å². The monoisotopic (exact) mass is 498 g/mol. The molecule has 0 atom stereocenters. The predicted molar refractivity (Wildman–Crippen MR) is 134 cm³/mol. The smallest absolute Gasteiger partial charge is 0.241 e. The number of aryl methyl sites for hydroxylation is 1. The van der Waals surface area contributed by atoms with E-state index in [1.807, 2.05) is 48.5 Å². The molecule has 0 aliphatic carbocycles. The number of nitrogens with one attached hydrogen (secondary N) is 2. The molecule has 34 heavy (non-hydrogen) atoms. The molecule has 1 heterocycles. The molecule has 0 radical (unpaired) electrons. The number of nitrogens with zero attached hydrogens (tertiary/aromatic N) is 2. The van der Waals surface area contributed by atoms with Crippen LogP contribution in [-0.2, 0) is 33.1 Å². The Morgan fingerprint density at radius 1 is 0.912 bits per heavy atom. The van der Waals surface area contributed by atoms with Gasteiger partial charge in [-0.25, -0.2) is 26.5 Å². The van der Waals surface area contributed by atoms with E-state index in [1.54, 1.807) is 13.3 Å². The van der Waals surface area contributed by atoms with E-state index in [2.05, 4.69) is 19.0 Å². The molecule has 10 heteroatoms. The summed E-state index contributed by atoms with van der Waals surface area (Å²) in [6, 6.07) is 20.0. The minimum atomic E-state index is -3.79. The van der Waals surface area contributed by atoms with Gasteiger partial charge in [0.1, 0.15) is 0 Å². The Balaban J connectivity index is 1.47. The van der Waals surface area contributed by atoms with Crippen molar-refractivity contribution >= 4 is 36.8 Å². The largest absolute Gasteiger partial charge is 0.326 e. The maximum absolute atomic E-state index is 12.9. The molecule has 1 aromatic heterocycles. The van der Waals surface area contributed by atoms with E-state index in [0.29, 0.717) is 17.8 Å². The van der Waals surface area contributed by atoms with Crippen LogP contribution in [0.2, 0.25) is 0 Å². The van der Waals surface area contributed by atoms with Crippen LogP contribution in [0.5, 0.6) is 0 Å². The van der Waals surface area contributed by atoms with E-state index >= 15 is 0 Å². The number of anilines is 1. The van der Waals surface area contributed by atoms with Crippen LogP contribution < -0.4 is 9.44 Å². The minimum absolute atomic E-state index is 0.0657. The van der Waals surface area contributed by atoms with Crippen LogP contribution in [0.3, 0.4) is 0 Å². The molecule has 2 N–H and O–H groups in total. The molecule has 0 unspecified atom stereocenters. The molecule has 0 saturated carbocycles. The summed E-state index contributed by atoms with van der Waals surface area (Å²) in [7, 11) is -7.23. The van der Waals surface area contributed by atoms with Gasteiger partial charge < -0.3 is 4.57 Å². The lowest BCUT2D eigenvalue weighted by Crippen LogP contribution is -2.24. The number of rotatable bonds is 9. The molecular weight excluding hydrogens is 472 g/mol. The van der Waals surface area contributed by atoms with Crippen molar-refractivity contribution in [1.82, 2.24) is 14.3 Å². The lowest BCUT2D eigenvalue weighted by atomic mass is 10.1. The van der Waals surface area contributed by atoms with Gasteiger partial charge in [-0.2, -0.15) is 0 Å². The first kappa shape index (κ1) is 23.9. The number of sulfonamides is 2. The fourth-order valence-electron chi connectivity index (χ4n) is 3.69. The van der Waals surface area contributed by atoms with Crippen molar-refractivity contribution < 1.29 is 16.8 Å². The summed E-state index contributed by atoms with van der Waals surface area (Å²) < 4.78 is 56.5. The van der Waals surface area contributed by atoms with Crippen molar-refractivity contribution in [2.24, 2.45) is 0 Å². The van der Waals surface area contributed by atoms with Gasteiger partial charge in [-0.3, -0.25) is 4.72 Å². The first-order valence-electron chi connectivity index (χ1n) is 10.8. The maximum Gasteiger partial charge on any atom is 0.241 e. The normalized spacial score (nSPS) is 12.2. The lowest BCUT2D eigenvalue weighted by molar-refractivity contribution is 0.580. The molecule has 0 aliphatic heterocycles. The zero-order valence-corrected chi connectivity index (χ0v) is 20.5. The first-order valence-corrected chi connectivity index (χ1v) is 13.9. The van der Waals surface area contributed by atoms with Crippen molar-refractivity contribution in [3.8, 4) is 0 Å². The number of hydrogen-bond acceptors (Lipinski definition) is 5. The van der Waals surface area contributed by atoms with Crippen molar-refractivity contribution in [2.75, 3.05) is 10.5 Å². The van der Waals surface area contributed by atoms with Crippen molar-refractivity contribution in [2.45, 2.75) is 31.8 Å². The second-order valence-corrected chi connectivity index (χ2v) is 11.7. The number of imidazole rings is 1. The Labute approximate surface area is 199 Å². The Kier molecular flexibility index (Phi) is 6.74. The summed E-state index contributed by atoms with van der Waals surface area (Å²) in [5.74, 6) is -0.0657. The molecule has 3 aromatic carbocycles. The molecule has 0 spiro atoms. The fourth-order valence-corrected chi connectivity index (χ4v) is 5.57. The van der Waals surface area contributed by atoms with Crippen LogP contribution in [-0.4, -0.2) is 32.1 Å². The SMILES string of the molecule is CCS(=O)(=O)Nc1ccc(S(=O)(=O)NCc2cccc(Cn3cnc4ccccc43)c2)c(C)c1. The second-order valence-electron chi connectivity index (χ2n) is 7.99. The van der Waals surface area contributed by atoms with E-state index in [4.69, 9.17) is 0 Å². The van der Waals surface area contributed by atoms with Gasteiger partial charge in [0.2, 0.25) is 20.0 Å². The van der Waals surface area contributed by atoms with Crippen LogP contribution >= 0.6 is 0 Å². The van der Waals surface area contributed by atoms with Gasteiger partial charge in [0.15, 0.2) is 0 Å². The molecule has 0 bridgehead atoms. The first-order chi connectivity index (χ1) is 16.2. The highest BCUT2D eigenvalue weighted by Gasteiger charge is 2.18. The molecule has 0 saturated heterocycles. The standard InChI is InChI=1S/C24H26N4O4S2/c1-3-33(29,30)27-21-11-12-24(18(2)13-21)34(31,32)26-15-19-7-6-8-20(14-19)16-28-17-25-22-9-4-5-10-23(22)28/h4-14,17,26-27H,3,15-16H2,1-2H3. The zero-order valence-electron chi connectivity index (χ0n) is 18.9. The number of hydrogen-bond donors (Lipinski definition) is 2. The van der Waals surface area contributed by atoms with Crippen LogP contribution in [0.4, 0.5) is 5.69 Å². The van der Waals surface area contributed by atoms with E-state index < -0.39 is 20.0 Å². The van der Waals surface area contributed by atoms with E-state index in [9.17, 15) is 16.8 Å².